The predicted molar refractivity (Wildman–Crippen MR) is 131 cm³/mol. The summed E-state index contributed by atoms with van der Waals surface area (Å²) in [6.07, 6.45) is 2.45. The number of ketones is 1. The van der Waals surface area contributed by atoms with Gasteiger partial charge in [-0.25, -0.2) is 4.90 Å². The van der Waals surface area contributed by atoms with Gasteiger partial charge in [0.05, 0.1) is 17.5 Å². The van der Waals surface area contributed by atoms with Crippen LogP contribution in [0.3, 0.4) is 0 Å². The number of hydrogen-bond acceptors (Lipinski definition) is 4. The van der Waals surface area contributed by atoms with E-state index in [1.165, 1.54) is 4.90 Å². The molecule has 5 rings (SSSR count). The van der Waals surface area contributed by atoms with Crippen LogP contribution >= 0.6 is 0 Å². The van der Waals surface area contributed by atoms with Crippen molar-refractivity contribution in [2.24, 2.45) is 17.8 Å². The van der Waals surface area contributed by atoms with Crippen LogP contribution in [0.25, 0.3) is 11.1 Å². The fraction of sp³-hybridized carbons (Fsp3) is 0.276. The number of para-hydroxylation sites is 2. The van der Waals surface area contributed by atoms with Gasteiger partial charge >= 0.3 is 0 Å². The molecule has 3 aromatic rings. The van der Waals surface area contributed by atoms with Crippen molar-refractivity contribution in [2.75, 3.05) is 11.5 Å². The first-order valence-electron chi connectivity index (χ1n) is 11.8. The van der Waals surface area contributed by atoms with E-state index in [1.807, 2.05) is 42.5 Å². The minimum Gasteiger partial charge on any atom is -0.483 e. The Labute approximate surface area is 199 Å². The van der Waals surface area contributed by atoms with E-state index >= 15 is 0 Å². The van der Waals surface area contributed by atoms with Gasteiger partial charge in [-0.15, -0.1) is 0 Å². The summed E-state index contributed by atoms with van der Waals surface area (Å²) in [6.45, 7) is 1.95. The second-order valence-corrected chi connectivity index (χ2v) is 9.27. The largest absolute Gasteiger partial charge is 0.483 e. The molecule has 2 aliphatic rings. The van der Waals surface area contributed by atoms with Crippen LogP contribution in [0, 0.1) is 17.8 Å². The van der Waals surface area contributed by atoms with E-state index in [0.29, 0.717) is 22.9 Å². The van der Waals surface area contributed by atoms with Crippen molar-refractivity contribution in [3.8, 4) is 16.9 Å². The molecule has 34 heavy (non-hydrogen) atoms. The first-order chi connectivity index (χ1) is 16.5. The van der Waals surface area contributed by atoms with Crippen molar-refractivity contribution in [3.63, 3.8) is 0 Å². The molecule has 5 nitrogen and oxygen atoms in total. The van der Waals surface area contributed by atoms with Crippen LogP contribution in [0.15, 0.2) is 78.9 Å². The molecule has 0 N–H and O–H groups in total. The Bertz CT molecular complexity index is 1220. The molecular weight excluding hydrogens is 426 g/mol. The quantitative estimate of drug-likeness (QED) is 0.363. The average Bonchev–Trinajstić information content (AvgIpc) is 3.12. The van der Waals surface area contributed by atoms with Crippen molar-refractivity contribution in [1.82, 2.24) is 0 Å². The Morgan fingerprint density at radius 2 is 1.47 bits per heavy atom. The van der Waals surface area contributed by atoms with Gasteiger partial charge in [0.15, 0.2) is 12.4 Å². The molecule has 3 atom stereocenters. The smallest absolute Gasteiger partial charge is 0.237 e. The Morgan fingerprint density at radius 3 is 2.24 bits per heavy atom. The highest BCUT2D eigenvalue weighted by Gasteiger charge is 2.50. The number of Topliss-reactive ketones (excluding diaryl/α,β-unsaturated/α-hetero) is 1. The topological polar surface area (TPSA) is 63.7 Å². The van der Waals surface area contributed by atoms with Gasteiger partial charge in [-0.05, 0) is 48.4 Å². The lowest BCUT2D eigenvalue weighted by Crippen LogP contribution is -2.31. The SMILES string of the molecule is C[C@@H]1CC[C@@H]2C(=O)N(c3ccccc3OCC(=O)c3ccc(-c4ccccc4)cc3)C(=O)[C@H]2C1. The van der Waals surface area contributed by atoms with Crippen LogP contribution in [-0.4, -0.2) is 24.2 Å². The van der Waals surface area contributed by atoms with Crippen LogP contribution in [0.4, 0.5) is 5.69 Å². The molecule has 1 heterocycles. The maximum Gasteiger partial charge on any atom is 0.237 e. The summed E-state index contributed by atoms with van der Waals surface area (Å²) in [6, 6.07) is 24.3. The molecule has 0 spiro atoms. The number of amides is 2. The lowest BCUT2D eigenvalue weighted by atomic mass is 9.76. The minimum absolute atomic E-state index is 0.152. The highest BCUT2D eigenvalue weighted by molar-refractivity contribution is 6.22. The number of rotatable bonds is 6. The molecule has 0 bridgehead atoms. The van der Waals surface area contributed by atoms with Gasteiger partial charge in [0, 0.05) is 5.56 Å². The standard InChI is InChI=1S/C29H27NO4/c1-19-11-16-23-24(17-19)29(33)30(28(23)32)25-9-5-6-10-27(25)34-18-26(31)22-14-12-21(13-15-22)20-7-3-2-4-8-20/h2-10,12-15,19,23-24H,11,16-18H2,1H3/t19-,23+,24+/m1/s1. The van der Waals surface area contributed by atoms with Crippen LogP contribution in [-0.2, 0) is 9.59 Å². The van der Waals surface area contributed by atoms with E-state index in [-0.39, 0.29) is 36.0 Å². The zero-order valence-electron chi connectivity index (χ0n) is 19.1. The molecule has 2 fully saturated rings. The van der Waals surface area contributed by atoms with Crippen molar-refractivity contribution >= 4 is 23.3 Å². The summed E-state index contributed by atoms with van der Waals surface area (Å²) in [4.78, 5) is 40.3. The predicted octanol–water partition coefficient (Wildman–Crippen LogP) is 5.54. The normalized spacial score (nSPS) is 21.9. The zero-order chi connectivity index (χ0) is 23.7. The van der Waals surface area contributed by atoms with Crippen LogP contribution < -0.4 is 9.64 Å². The second kappa shape index (κ2) is 9.26. The van der Waals surface area contributed by atoms with Crippen molar-refractivity contribution in [2.45, 2.75) is 26.2 Å². The van der Waals surface area contributed by atoms with Crippen molar-refractivity contribution < 1.29 is 19.1 Å². The summed E-state index contributed by atoms with van der Waals surface area (Å²) in [5, 5.41) is 0. The van der Waals surface area contributed by atoms with Gasteiger partial charge in [-0.2, -0.15) is 0 Å². The molecule has 1 saturated heterocycles. The molecule has 1 aliphatic carbocycles. The summed E-state index contributed by atoms with van der Waals surface area (Å²) in [5.74, 6) is -0.173. The molecule has 2 amide bonds. The molecule has 172 valence electrons. The molecular formula is C29H27NO4. The average molecular weight is 454 g/mol. The van der Waals surface area contributed by atoms with Crippen molar-refractivity contribution in [3.05, 3.63) is 84.4 Å². The van der Waals surface area contributed by atoms with E-state index in [4.69, 9.17) is 4.74 Å². The third-order valence-electron chi connectivity index (χ3n) is 6.97. The summed E-state index contributed by atoms with van der Waals surface area (Å²) in [7, 11) is 0. The van der Waals surface area contributed by atoms with Gasteiger partial charge in [-0.1, -0.05) is 73.7 Å². The second-order valence-electron chi connectivity index (χ2n) is 9.27. The van der Waals surface area contributed by atoms with E-state index in [0.717, 1.165) is 30.4 Å². The van der Waals surface area contributed by atoms with Crippen molar-refractivity contribution in [1.29, 1.82) is 0 Å². The maximum atomic E-state index is 13.1. The van der Waals surface area contributed by atoms with Crippen LogP contribution in [0.5, 0.6) is 5.75 Å². The minimum atomic E-state index is -0.255. The van der Waals surface area contributed by atoms with Crippen LogP contribution in [0.1, 0.15) is 36.5 Å². The maximum absolute atomic E-state index is 13.1. The summed E-state index contributed by atoms with van der Waals surface area (Å²) in [5.41, 5.74) is 3.09. The highest BCUT2D eigenvalue weighted by atomic mass is 16.5. The van der Waals surface area contributed by atoms with E-state index in [9.17, 15) is 14.4 Å². The Kier molecular flexibility index (Phi) is 6.01. The number of carbonyl (C=O) groups is 3. The molecule has 5 heteroatoms. The fourth-order valence-corrected chi connectivity index (χ4v) is 5.10. The fourth-order valence-electron chi connectivity index (χ4n) is 5.10. The number of anilines is 1. The number of benzene rings is 3. The zero-order valence-corrected chi connectivity index (χ0v) is 19.1. The number of fused-ring (bicyclic) bond motifs is 1. The summed E-state index contributed by atoms with van der Waals surface area (Å²) < 4.78 is 5.86. The Balaban J connectivity index is 1.30. The number of imide groups is 1. The Morgan fingerprint density at radius 1 is 0.824 bits per heavy atom. The number of ether oxygens (including phenoxy) is 1. The van der Waals surface area contributed by atoms with Crippen LogP contribution in [0.2, 0.25) is 0 Å². The molecule has 1 aliphatic heterocycles. The lowest BCUT2D eigenvalue weighted by molar-refractivity contribution is -0.122. The highest BCUT2D eigenvalue weighted by Crippen LogP contribution is 2.44. The van der Waals surface area contributed by atoms with Gasteiger partial charge in [0.1, 0.15) is 5.75 Å². The van der Waals surface area contributed by atoms with E-state index in [2.05, 4.69) is 6.92 Å². The first kappa shape index (κ1) is 22.1. The molecule has 0 unspecified atom stereocenters. The first-order valence-corrected chi connectivity index (χ1v) is 11.8. The monoisotopic (exact) mass is 453 g/mol. The van der Waals surface area contributed by atoms with Gasteiger partial charge in [0.25, 0.3) is 0 Å². The number of carbonyl (C=O) groups excluding carboxylic acids is 3. The molecule has 0 aromatic heterocycles. The number of hydrogen-bond donors (Lipinski definition) is 0. The lowest BCUT2D eigenvalue weighted by Gasteiger charge is -2.25. The van der Waals surface area contributed by atoms with E-state index in [1.54, 1.807) is 36.4 Å². The van der Waals surface area contributed by atoms with E-state index < -0.39 is 0 Å². The molecule has 3 aromatic carbocycles. The van der Waals surface area contributed by atoms with Gasteiger partial charge < -0.3 is 4.74 Å². The summed E-state index contributed by atoms with van der Waals surface area (Å²) >= 11 is 0. The van der Waals surface area contributed by atoms with Gasteiger partial charge in [-0.3, -0.25) is 14.4 Å². The Hall–Kier alpha value is -3.73. The third-order valence-corrected chi connectivity index (χ3v) is 6.97. The van der Waals surface area contributed by atoms with Gasteiger partial charge in [0.2, 0.25) is 11.8 Å². The number of nitrogens with zero attached hydrogens (tertiary/aromatic N) is 1. The molecule has 0 radical (unpaired) electrons. The molecule has 1 saturated carbocycles. The third kappa shape index (κ3) is 4.14.